The summed E-state index contributed by atoms with van der Waals surface area (Å²) in [5.41, 5.74) is 5.60. The van der Waals surface area contributed by atoms with Crippen LogP contribution in [0.4, 0.5) is 0 Å². The molecule has 0 aliphatic heterocycles. The van der Waals surface area contributed by atoms with Crippen LogP contribution in [0.25, 0.3) is 0 Å². The van der Waals surface area contributed by atoms with E-state index in [1.807, 2.05) is 0 Å². The van der Waals surface area contributed by atoms with Crippen molar-refractivity contribution in [1.29, 1.82) is 0 Å². The van der Waals surface area contributed by atoms with E-state index in [9.17, 15) is 4.79 Å². The fourth-order valence-electron chi connectivity index (χ4n) is 3.37. The lowest BCUT2D eigenvalue weighted by molar-refractivity contribution is -0.150. The third-order valence-corrected chi connectivity index (χ3v) is 4.29. The van der Waals surface area contributed by atoms with Gasteiger partial charge in [0, 0.05) is 5.41 Å². The Morgan fingerprint density at radius 2 is 2.43 bits per heavy atom. The van der Waals surface area contributed by atoms with Crippen LogP contribution in [0.5, 0.6) is 0 Å². The third-order valence-electron chi connectivity index (χ3n) is 4.29. The van der Waals surface area contributed by atoms with E-state index in [0.717, 1.165) is 6.42 Å². The van der Waals surface area contributed by atoms with Crippen molar-refractivity contribution in [3.63, 3.8) is 0 Å². The average molecular weight is 195 g/mol. The lowest BCUT2D eigenvalue weighted by Crippen LogP contribution is -2.58. The molecule has 0 amide bonds. The average Bonchev–Trinajstić information content (AvgIpc) is 2.59. The highest BCUT2D eigenvalue weighted by Crippen LogP contribution is 2.61. The van der Waals surface area contributed by atoms with Gasteiger partial charge in [-0.1, -0.05) is 19.1 Å². The first-order valence-corrected chi connectivity index (χ1v) is 5.20. The van der Waals surface area contributed by atoms with E-state index in [-0.39, 0.29) is 11.8 Å². The van der Waals surface area contributed by atoms with Crippen LogP contribution in [0.15, 0.2) is 12.2 Å². The molecule has 2 rings (SSSR count). The maximum absolute atomic E-state index is 10.8. The zero-order valence-corrected chi connectivity index (χ0v) is 8.44. The van der Waals surface area contributed by atoms with Crippen molar-refractivity contribution in [3.8, 4) is 0 Å². The molecule has 0 aromatic rings. The first kappa shape index (κ1) is 9.71. The summed E-state index contributed by atoms with van der Waals surface area (Å²) >= 11 is 0. The molecule has 1 fully saturated rings. The number of aliphatic carboxylic acids is 1. The Morgan fingerprint density at radius 1 is 1.71 bits per heavy atom. The highest BCUT2D eigenvalue weighted by molar-refractivity contribution is 5.68. The molecule has 0 aromatic carbocycles. The van der Waals surface area contributed by atoms with Crippen LogP contribution < -0.4 is 5.73 Å². The molecule has 0 heterocycles. The van der Waals surface area contributed by atoms with Crippen molar-refractivity contribution in [2.45, 2.75) is 19.8 Å². The van der Waals surface area contributed by atoms with Gasteiger partial charge in [0.1, 0.15) is 0 Å². The fraction of sp³-hybridized carbons (Fsp3) is 0.727. The molecule has 0 bridgehead atoms. The van der Waals surface area contributed by atoms with E-state index in [1.54, 1.807) is 0 Å². The predicted molar refractivity (Wildman–Crippen MR) is 53.6 cm³/mol. The Kier molecular flexibility index (Phi) is 2.14. The van der Waals surface area contributed by atoms with Gasteiger partial charge in [-0.3, -0.25) is 4.79 Å². The highest BCUT2D eigenvalue weighted by atomic mass is 16.4. The van der Waals surface area contributed by atoms with Gasteiger partial charge in [0.15, 0.2) is 0 Å². The van der Waals surface area contributed by atoms with Gasteiger partial charge in [-0.15, -0.1) is 0 Å². The minimum Gasteiger partial charge on any atom is -0.481 e. The van der Waals surface area contributed by atoms with Crippen LogP contribution in [0.1, 0.15) is 19.8 Å². The molecule has 2 aliphatic carbocycles. The standard InChI is InChI=1S/C11H17NO2/c1-7-8-3-2-4-9(8)11(7,6-12)5-10(13)14/h2,4,7-9H,3,5-6,12H2,1H3,(H,13,14)/t7?,8-,9-,11?/m1/s1. The van der Waals surface area contributed by atoms with Crippen molar-refractivity contribution in [2.75, 3.05) is 6.54 Å². The molecule has 0 aromatic heterocycles. The third kappa shape index (κ3) is 1.05. The molecular weight excluding hydrogens is 178 g/mol. The first-order chi connectivity index (χ1) is 6.62. The second-order valence-electron chi connectivity index (χ2n) is 4.65. The van der Waals surface area contributed by atoms with Gasteiger partial charge in [0.05, 0.1) is 6.42 Å². The van der Waals surface area contributed by atoms with Crippen molar-refractivity contribution >= 4 is 5.97 Å². The van der Waals surface area contributed by atoms with Gasteiger partial charge in [-0.25, -0.2) is 0 Å². The van der Waals surface area contributed by atoms with Crippen molar-refractivity contribution in [2.24, 2.45) is 28.9 Å². The molecule has 3 N–H and O–H groups in total. The Bertz CT molecular complexity index is 287. The van der Waals surface area contributed by atoms with E-state index in [2.05, 4.69) is 19.1 Å². The maximum atomic E-state index is 10.8. The van der Waals surface area contributed by atoms with E-state index in [1.165, 1.54) is 0 Å². The summed E-state index contributed by atoms with van der Waals surface area (Å²) in [5.74, 6) is 0.793. The van der Waals surface area contributed by atoms with Gasteiger partial charge in [0.25, 0.3) is 0 Å². The molecule has 0 saturated heterocycles. The van der Waals surface area contributed by atoms with Crippen LogP contribution in [0.3, 0.4) is 0 Å². The molecule has 3 nitrogen and oxygen atoms in total. The Labute approximate surface area is 84.0 Å². The second kappa shape index (κ2) is 3.09. The maximum Gasteiger partial charge on any atom is 0.303 e. The Hall–Kier alpha value is -0.830. The summed E-state index contributed by atoms with van der Waals surface area (Å²) in [7, 11) is 0. The first-order valence-electron chi connectivity index (χ1n) is 5.20. The molecule has 0 radical (unpaired) electrons. The number of allylic oxidation sites excluding steroid dienone is 2. The summed E-state index contributed by atoms with van der Waals surface area (Å²) in [6, 6.07) is 0. The van der Waals surface area contributed by atoms with Crippen molar-refractivity contribution in [1.82, 2.24) is 0 Å². The van der Waals surface area contributed by atoms with Gasteiger partial charge in [-0.2, -0.15) is 0 Å². The largest absolute Gasteiger partial charge is 0.481 e. The van der Waals surface area contributed by atoms with Crippen LogP contribution >= 0.6 is 0 Å². The quantitative estimate of drug-likeness (QED) is 0.666. The summed E-state index contributed by atoms with van der Waals surface area (Å²) in [4.78, 5) is 10.8. The van der Waals surface area contributed by atoms with Crippen LogP contribution in [-0.2, 0) is 4.79 Å². The monoisotopic (exact) mass is 195 g/mol. The van der Waals surface area contributed by atoms with E-state index >= 15 is 0 Å². The molecular formula is C11H17NO2. The topological polar surface area (TPSA) is 63.3 Å². The number of carbonyl (C=O) groups is 1. The lowest BCUT2D eigenvalue weighted by Gasteiger charge is -2.57. The van der Waals surface area contributed by atoms with Crippen LogP contribution in [0.2, 0.25) is 0 Å². The summed E-state index contributed by atoms with van der Waals surface area (Å²) < 4.78 is 0. The number of hydrogen-bond donors (Lipinski definition) is 2. The van der Waals surface area contributed by atoms with E-state index < -0.39 is 5.97 Å². The normalized spacial score (nSPS) is 44.6. The smallest absolute Gasteiger partial charge is 0.303 e. The number of carboxylic acid groups (broad SMARTS) is 1. The zero-order chi connectivity index (χ0) is 10.3. The van der Waals surface area contributed by atoms with Crippen molar-refractivity contribution in [3.05, 3.63) is 12.2 Å². The summed E-state index contributed by atoms with van der Waals surface area (Å²) in [6.07, 6.45) is 5.66. The molecule has 2 aliphatic rings. The van der Waals surface area contributed by atoms with Crippen molar-refractivity contribution < 1.29 is 9.90 Å². The summed E-state index contributed by atoms with van der Waals surface area (Å²) in [5, 5.41) is 8.90. The molecule has 78 valence electrons. The molecule has 14 heavy (non-hydrogen) atoms. The Balaban J connectivity index is 2.19. The number of hydrogen-bond acceptors (Lipinski definition) is 2. The zero-order valence-electron chi connectivity index (χ0n) is 8.44. The van der Waals surface area contributed by atoms with E-state index in [4.69, 9.17) is 10.8 Å². The molecule has 2 unspecified atom stereocenters. The van der Waals surface area contributed by atoms with E-state index in [0.29, 0.717) is 24.3 Å². The second-order valence-corrected chi connectivity index (χ2v) is 4.65. The van der Waals surface area contributed by atoms with Gasteiger partial charge in [-0.05, 0) is 30.7 Å². The van der Waals surface area contributed by atoms with Gasteiger partial charge >= 0.3 is 5.97 Å². The Morgan fingerprint density at radius 3 is 3.00 bits per heavy atom. The minimum atomic E-state index is -0.721. The number of rotatable bonds is 3. The number of carboxylic acids is 1. The van der Waals surface area contributed by atoms with Gasteiger partial charge in [0.2, 0.25) is 0 Å². The molecule has 0 spiro atoms. The highest BCUT2D eigenvalue weighted by Gasteiger charge is 2.59. The lowest BCUT2D eigenvalue weighted by atomic mass is 9.47. The molecule has 3 heteroatoms. The predicted octanol–water partition coefficient (Wildman–Crippen LogP) is 1.25. The summed E-state index contributed by atoms with van der Waals surface area (Å²) in [6.45, 7) is 2.63. The molecule has 1 saturated carbocycles. The van der Waals surface area contributed by atoms with Crippen LogP contribution in [-0.4, -0.2) is 17.6 Å². The fourth-order valence-corrected chi connectivity index (χ4v) is 3.37. The molecule has 4 atom stereocenters. The van der Waals surface area contributed by atoms with Gasteiger partial charge < -0.3 is 10.8 Å². The number of fused-ring (bicyclic) bond motifs is 1. The number of nitrogens with two attached hydrogens (primary N) is 1. The SMILES string of the molecule is CC1[C@H]2CC=C[C@H]2C1(CN)CC(=O)O. The minimum absolute atomic E-state index is 0.163. The van der Waals surface area contributed by atoms with Crippen LogP contribution in [0, 0.1) is 23.2 Å².